The van der Waals surface area contributed by atoms with Gasteiger partial charge >= 0.3 is 0 Å². The van der Waals surface area contributed by atoms with Crippen LogP contribution < -0.4 is 19.5 Å². The van der Waals surface area contributed by atoms with Crippen LogP contribution in [0.1, 0.15) is 15.9 Å². The van der Waals surface area contributed by atoms with Crippen LogP contribution in [-0.2, 0) is 6.54 Å². The van der Waals surface area contributed by atoms with Crippen molar-refractivity contribution in [3.05, 3.63) is 96.1 Å². The van der Waals surface area contributed by atoms with E-state index in [-0.39, 0.29) is 18.3 Å². The zero-order valence-electron chi connectivity index (χ0n) is 18.6. The van der Waals surface area contributed by atoms with Gasteiger partial charge < -0.3 is 19.5 Å². The van der Waals surface area contributed by atoms with Gasteiger partial charge in [0, 0.05) is 29.3 Å². The Bertz CT molecular complexity index is 1300. The Kier molecular flexibility index (Phi) is 6.98. The highest BCUT2D eigenvalue weighted by Crippen LogP contribution is 2.26. The first-order chi connectivity index (χ1) is 16.6. The van der Waals surface area contributed by atoms with E-state index in [0.29, 0.717) is 34.4 Å². The molecule has 0 bridgehead atoms. The van der Waals surface area contributed by atoms with E-state index >= 15 is 0 Å². The molecule has 4 aromatic rings. The number of halogens is 1. The van der Waals surface area contributed by atoms with Crippen LogP contribution in [0.25, 0.3) is 11.3 Å². The second kappa shape index (κ2) is 10.4. The van der Waals surface area contributed by atoms with Crippen LogP contribution in [0.15, 0.2) is 79.1 Å². The maximum absolute atomic E-state index is 13.2. The summed E-state index contributed by atoms with van der Waals surface area (Å²) in [5.41, 5.74) is 2.53. The van der Waals surface area contributed by atoms with Crippen LogP contribution >= 0.6 is 0 Å². The van der Waals surface area contributed by atoms with Crippen molar-refractivity contribution in [2.75, 3.05) is 14.2 Å². The summed E-state index contributed by atoms with van der Waals surface area (Å²) in [5, 5.41) is 2.88. The van der Waals surface area contributed by atoms with E-state index in [2.05, 4.69) is 15.3 Å². The van der Waals surface area contributed by atoms with Gasteiger partial charge in [-0.05, 0) is 60.7 Å². The van der Waals surface area contributed by atoms with E-state index in [1.54, 1.807) is 68.8 Å². The molecule has 1 aromatic heterocycles. The van der Waals surface area contributed by atoms with Crippen LogP contribution in [0, 0.1) is 5.82 Å². The van der Waals surface area contributed by atoms with E-state index < -0.39 is 0 Å². The fourth-order valence-electron chi connectivity index (χ4n) is 3.29. The lowest BCUT2D eigenvalue weighted by atomic mass is 10.1. The first-order valence-corrected chi connectivity index (χ1v) is 10.4. The van der Waals surface area contributed by atoms with Crippen molar-refractivity contribution in [2.24, 2.45) is 0 Å². The van der Waals surface area contributed by atoms with Gasteiger partial charge in [-0.2, -0.15) is 0 Å². The van der Waals surface area contributed by atoms with Crippen molar-refractivity contribution in [1.82, 2.24) is 15.3 Å². The number of rotatable bonds is 8. The quantitative estimate of drug-likeness (QED) is 0.398. The summed E-state index contributed by atoms with van der Waals surface area (Å²) in [6.07, 6.45) is 1.37. The molecule has 4 rings (SSSR count). The number of benzene rings is 3. The SMILES string of the molecule is COc1ccc(OC)c(CNC(=O)c2cccc(Oc3cc(-c4ccc(F)cc4)ncn3)c2)c1. The molecule has 34 heavy (non-hydrogen) atoms. The molecule has 0 fully saturated rings. The van der Waals surface area contributed by atoms with Gasteiger partial charge in [0.25, 0.3) is 5.91 Å². The Morgan fingerprint density at radius 1 is 0.912 bits per heavy atom. The molecule has 0 saturated carbocycles. The number of amides is 1. The number of carbonyl (C=O) groups excluding carboxylic acids is 1. The zero-order valence-corrected chi connectivity index (χ0v) is 18.6. The van der Waals surface area contributed by atoms with Crippen LogP contribution in [0.3, 0.4) is 0 Å². The minimum absolute atomic E-state index is 0.261. The number of nitrogens with zero attached hydrogens (tertiary/aromatic N) is 2. The van der Waals surface area contributed by atoms with Crippen LogP contribution in [0.2, 0.25) is 0 Å². The van der Waals surface area contributed by atoms with Crippen molar-refractivity contribution in [2.45, 2.75) is 6.54 Å². The van der Waals surface area contributed by atoms with Crippen molar-refractivity contribution >= 4 is 5.91 Å². The molecule has 8 heteroatoms. The third-order valence-electron chi connectivity index (χ3n) is 5.03. The van der Waals surface area contributed by atoms with Crippen molar-refractivity contribution in [1.29, 1.82) is 0 Å². The predicted octanol–water partition coefficient (Wildman–Crippen LogP) is 5.02. The molecule has 3 aromatic carbocycles. The van der Waals surface area contributed by atoms with Crippen molar-refractivity contribution in [3.8, 4) is 34.4 Å². The second-order valence-electron chi connectivity index (χ2n) is 7.24. The lowest BCUT2D eigenvalue weighted by Crippen LogP contribution is -2.23. The van der Waals surface area contributed by atoms with Gasteiger partial charge in [-0.1, -0.05) is 6.07 Å². The maximum atomic E-state index is 13.2. The number of nitrogens with one attached hydrogen (secondary N) is 1. The number of methoxy groups -OCH3 is 2. The monoisotopic (exact) mass is 459 g/mol. The zero-order chi connectivity index (χ0) is 23.9. The standard InChI is InChI=1S/C26H22FN3O4/c1-32-21-10-11-24(33-2)19(13-21)15-28-26(31)18-4-3-5-22(12-18)34-25-14-23(29-16-30-25)17-6-8-20(27)9-7-17/h3-14,16H,15H2,1-2H3,(H,28,31). The molecule has 0 aliphatic carbocycles. The van der Waals surface area contributed by atoms with Gasteiger partial charge in [-0.3, -0.25) is 4.79 Å². The molecule has 0 aliphatic rings. The van der Waals surface area contributed by atoms with Crippen LogP contribution in [0.5, 0.6) is 23.1 Å². The summed E-state index contributed by atoms with van der Waals surface area (Å²) in [7, 11) is 3.15. The number of hydrogen-bond donors (Lipinski definition) is 1. The second-order valence-corrected chi connectivity index (χ2v) is 7.24. The first-order valence-electron chi connectivity index (χ1n) is 10.4. The summed E-state index contributed by atoms with van der Waals surface area (Å²) in [4.78, 5) is 21.1. The Labute approximate surface area is 196 Å². The number of hydrogen-bond acceptors (Lipinski definition) is 6. The van der Waals surface area contributed by atoms with Crippen molar-refractivity contribution in [3.63, 3.8) is 0 Å². The van der Waals surface area contributed by atoms with Gasteiger partial charge in [-0.15, -0.1) is 0 Å². The lowest BCUT2D eigenvalue weighted by molar-refractivity contribution is 0.0950. The van der Waals surface area contributed by atoms with E-state index in [4.69, 9.17) is 14.2 Å². The molecule has 0 saturated heterocycles. The number of carbonyl (C=O) groups is 1. The molecule has 0 aliphatic heterocycles. The largest absolute Gasteiger partial charge is 0.497 e. The number of aromatic nitrogens is 2. The molecule has 0 spiro atoms. The predicted molar refractivity (Wildman–Crippen MR) is 125 cm³/mol. The normalized spacial score (nSPS) is 10.4. The van der Waals surface area contributed by atoms with Gasteiger partial charge in [-0.25, -0.2) is 14.4 Å². The lowest BCUT2D eigenvalue weighted by Gasteiger charge is -2.12. The highest BCUT2D eigenvalue weighted by atomic mass is 19.1. The van der Waals surface area contributed by atoms with E-state index in [0.717, 1.165) is 11.1 Å². The van der Waals surface area contributed by atoms with Gasteiger partial charge in [0.05, 0.1) is 19.9 Å². The highest BCUT2D eigenvalue weighted by molar-refractivity contribution is 5.94. The summed E-state index contributed by atoms with van der Waals surface area (Å²) in [6.45, 7) is 0.261. The number of ether oxygens (including phenoxy) is 3. The van der Waals surface area contributed by atoms with Gasteiger partial charge in [0.2, 0.25) is 5.88 Å². The summed E-state index contributed by atoms with van der Waals surface area (Å²) >= 11 is 0. The molecule has 1 heterocycles. The molecule has 0 radical (unpaired) electrons. The Balaban J connectivity index is 1.46. The summed E-state index contributed by atoms with van der Waals surface area (Å²) in [6, 6.07) is 19.8. The minimum Gasteiger partial charge on any atom is -0.497 e. The first kappa shape index (κ1) is 22.7. The average Bonchev–Trinajstić information content (AvgIpc) is 2.87. The molecular formula is C26H22FN3O4. The topological polar surface area (TPSA) is 82.6 Å². The third-order valence-corrected chi connectivity index (χ3v) is 5.03. The van der Waals surface area contributed by atoms with Crippen LogP contribution in [-0.4, -0.2) is 30.1 Å². The molecule has 7 nitrogen and oxygen atoms in total. The highest BCUT2D eigenvalue weighted by Gasteiger charge is 2.11. The van der Waals surface area contributed by atoms with Gasteiger partial charge in [0.15, 0.2) is 0 Å². The minimum atomic E-state index is -0.325. The van der Waals surface area contributed by atoms with E-state index in [1.807, 2.05) is 6.07 Å². The summed E-state index contributed by atoms with van der Waals surface area (Å²) < 4.78 is 29.6. The fourth-order valence-corrected chi connectivity index (χ4v) is 3.29. The van der Waals surface area contributed by atoms with Gasteiger partial charge in [0.1, 0.15) is 29.4 Å². The smallest absolute Gasteiger partial charge is 0.251 e. The van der Waals surface area contributed by atoms with Crippen molar-refractivity contribution < 1.29 is 23.4 Å². The van der Waals surface area contributed by atoms with Crippen LogP contribution in [0.4, 0.5) is 4.39 Å². The van der Waals surface area contributed by atoms with E-state index in [9.17, 15) is 9.18 Å². The molecular weight excluding hydrogens is 437 g/mol. The molecule has 1 amide bonds. The fraction of sp³-hybridized carbons (Fsp3) is 0.115. The third kappa shape index (κ3) is 5.47. The average molecular weight is 459 g/mol. The molecule has 172 valence electrons. The molecule has 0 unspecified atom stereocenters. The maximum Gasteiger partial charge on any atom is 0.251 e. The molecule has 1 N–H and O–H groups in total. The Morgan fingerprint density at radius 3 is 2.50 bits per heavy atom. The Hall–Kier alpha value is -4.46. The summed E-state index contributed by atoms with van der Waals surface area (Å²) in [5.74, 6) is 1.46. The molecule has 0 atom stereocenters. The van der Waals surface area contributed by atoms with E-state index in [1.165, 1.54) is 18.5 Å². The Morgan fingerprint density at radius 2 is 1.74 bits per heavy atom.